The van der Waals surface area contributed by atoms with Crippen LogP contribution in [-0.2, 0) is 13.2 Å². The Labute approximate surface area is 172 Å². The zero-order valence-electron chi connectivity index (χ0n) is 15.3. The Kier molecular flexibility index (Phi) is 5.45. The zero-order valence-corrected chi connectivity index (χ0v) is 17.7. The summed E-state index contributed by atoms with van der Waals surface area (Å²) in [5.74, 6) is 1.45. The number of fused-ring (bicyclic) bond motifs is 1. The molecule has 2 aromatic heterocycles. The molecule has 1 fully saturated rings. The van der Waals surface area contributed by atoms with E-state index < -0.39 is 0 Å². The molecule has 0 radical (unpaired) electrons. The summed E-state index contributed by atoms with van der Waals surface area (Å²) in [7, 11) is 0. The van der Waals surface area contributed by atoms with Crippen molar-refractivity contribution in [3.63, 3.8) is 0 Å². The van der Waals surface area contributed by atoms with E-state index in [1.807, 2.05) is 34.4 Å². The van der Waals surface area contributed by atoms with Crippen molar-refractivity contribution in [1.82, 2.24) is 24.2 Å². The number of aryl methyl sites for hydroxylation is 1. The van der Waals surface area contributed by atoms with Crippen LogP contribution in [0.4, 0.5) is 0 Å². The van der Waals surface area contributed by atoms with Crippen molar-refractivity contribution >= 4 is 45.4 Å². The second kappa shape index (κ2) is 7.83. The topological polar surface area (TPSA) is 38.9 Å². The molecular formula is C19H22ClN5S2. The predicted octanol–water partition coefficient (Wildman–Crippen LogP) is 5.01. The molecule has 1 aromatic carbocycles. The van der Waals surface area contributed by atoms with Crippen LogP contribution in [0.2, 0.25) is 5.02 Å². The van der Waals surface area contributed by atoms with Gasteiger partial charge in [-0.25, -0.2) is 9.67 Å². The fraction of sp³-hybridized carbons (Fsp3) is 0.421. The van der Waals surface area contributed by atoms with E-state index in [-0.39, 0.29) is 0 Å². The number of piperidine rings is 1. The van der Waals surface area contributed by atoms with Crippen LogP contribution < -0.4 is 0 Å². The lowest BCUT2D eigenvalue weighted by molar-refractivity contribution is 0.160. The number of aromatic nitrogens is 4. The van der Waals surface area contributed by atoms with Gasteiger partial charge in [0.25, 0.3) is 0 Å². The van der Waals surface area contributed by atoms with Gasteiger partial charge in [0.2, 0.25) is 0 Å². The van der Waals surface area contributed by atoms with Gasteiger partial charge in [0.15, 0.2) is 4.77 Å². The van der Waals surface area contributed by atoms with Crippen LogP contribution in [-0.4, -0.2) is 37.3 Å². The molecule has 0 spiro atoms. The van der Waals surface area contributed by atoms with Crippen LogP contribution in [0, 0.1) is 11.7 Å². The predicted molar refractivity (Wildman–Crippen MR) is 114 cm³/mol. The SMILES string of the molecule is C=CCn1c(C)nn(CN2CCC(c3nc4cc(Cl)ccc4s3)CC2)c1=S. The molecule has 0 atom stereocenters. The van der Waals surface area contributed by atoms with Crippen LogP contribution >= 0.6 is 35.2 Å². The molecule has 0 bridgehead atoms. The van der Waals surface area contributed by atoms with Crippen molar-refractivity contribution in [1.29, 1.82) is 0 Å². The largest absolute Gasteiger partial charge is 0.300 e. The van der Waals surface area contributed by atoms with Gasteiger partial charge in [-0.05, 0) is 50.2 Å². The van der Waals surface area contributed by atoms with Gasteiger partial charge < -0.3 is 4.57 Å². The molecular weight excluding hydrogens is 398 g/mol. The third-order valence-electron chi connectivity index (χ3n) is 5.06. The van der Waals surface area contributed by atoms with E-state index >= 15 is 0 Å². The maximum absolute atomic E-state index is 6.09. The highest BCUT2D eigenvalue weighted by Crippen LogP contribution is 2.34. The molecule has 1 saturated heterocycles. The van der Waals surface area contributed by atoms with E-state index in [2.05, 4.69) is 22.6 Å². The standard InChI is InChI=1S/C19H22ClN5S2/c1-3-8-24-13(2)22-25(19(24)26)12-23-9-6-14(7-10-23)18-21-16-11-15(20)4-5-17(16)27-18/h3-5,11,14H,1,6-10,12H2,2H3. The number of rotatable bonds is 5. The number of benzene rings is 1. The Hall–Kier alpha value is -1.54. The lowest BCUT2D eigenvalue weighted by atomic mass is 9.98. The number of likely N-dealkylation sites (tertiary alicyclic amines) is 1. The van der Waals surface area contributed by atoms with Gasteiger partial charge >= 0.3 is 0 Å². The highest BCUT2D eigenvalue weighted by Gasteiger charge is 2.24. The molecule has 4 rings (SSSR count). The van der Waals surface area contributed by atoms with Crippen LogP contribution in [0.15, 0.2) is 30.9 Å². The van der Waals surface area contributed by atoms with E-state index in [9.17, 15) is 0 Å². The molecule has 1 aliphatic rings. The van der Waals surface area contributed by atoms with Crippen LogP contribution in [0.3, 0.4) is 0 Å². The molecule has 0 saturated carbocycles. The number of hydrogen-bond acceptors (Lipinski definition) is 5. The molecule has 0 aliphatic carbocycles. The second-order valence-corrected chi connectivity index (χ2v) is 8.79. The molecule has 0 N–H and O–H groups in total. The summed E-state index contributed by atoms with van der Waals surface area (Å²) in [5, 5.41) is 6.58. The Bertz CT molecular complexity index is 1030. The minimum Gasteiger partial charge on any atom is -0.300 e. The molecule has 8 heteroatoms. The molecule has 3 heterocycles. The monoisotopic (exact) mass is 419 g/mol. The molecule has 3 aromatic rings. The Morgan fingerprint density at radius 3 is 2.89 bits per heavy atom. The molecule has 0 amide bonds. The van der Waals surface area contributed by atoms with Gasteiger partial charge in [0.05, 0.1) is 21.9 Å². The van der Waals surface area contributed by atoms with Gasteiger partial charge in [-0.3, -0.25) is 4.90 Å². The quantitative estimate of drug-likeness (QED) is 0.430. The smallest absolute Gasteiger partial charge is 0.199 e. The first-order valence-corrected chi connectivity index (χ1v) is 10.7. The summed E-state index contributed by atoms with van der Waals surface area (Å²) in [4.78, 5) is 7.24. The van der Waals surface area contributed by atoms with Gasteiger partial charge in [-0.2, -0.15) is 5.10 Å². The summed E-state index contributed by atoms with van der Waals surface area (Å²) in [6, 6.07) is 5.96. The van der Waals surface area contributed by atoms with Crippen LogP contribution in [0.25, 0.3) is 10.2 Å². The highest BCUT2D eigenvalue weighted by molar-refractivity contribution is 7.71. The first kappa shape index (κ1) is 18.8. The number of halogens is 1. The molecule has 0 unspecified atom stereocenters. The fourth-order valence-electron chi connectivity index (χ4n) is 3.58. The lowest BCUT2D eigenvalue weighted by Crippen LogP contribution is -2.34. The highest BCUT2D eigenvalue weighted by atomic mass is 35.5. The second-order valence-electron chi connectivity index (χ2n) is 6.93. The maximum Gasteiger partial charge on any atom is 0.199 e. The normalized spacial score (nSPS) is 16.2. The Morgan fingerprint density at radius 1 is 1.37 bits per heavy atom. The van der Waals surface area contributed by atoms with E-state index in [0.717, 1.165) is 53.7 Å². The van der Waals surface area contributed by atoms with Crippen molar-refractivity contribution in [3.8, 4) is 0 Å². The van der Waals surface area contributed by atoms with Crippen molar-refractivity contribution in [2.45, 2.75) is 38.9 Å². The molecule has 142 valence electrons. The van der Waals surface area contributed by atoms with Crippen LogP contribution in [0.1, 0.15) is 29.6 Å². The molecule has 1 aliphatic heterocycles. The average molecular weight is 420 g/mol. The molecule has 27 heavy (non-hydrogen) atoms. The third kappa shape index (κ3) is 3.87. The van der Waals surface area contributed by atoms with Crippen LogP contribution in [0.5, 0.6) is 0 Å². The minimum absolute atomic E-state index is 0.519. The Morgan fingerprint density at radius 2 is 2.15 bits per heavy atom. The van der Waals surface area contributed by atoms with Gasteiger partial charge in [0, 0.05) is 30.6 Å². The summed E-state index contributed by atoms with van der Waals surface area (Å²) >= 11 is 13.4. The first-order chi connectivity index (χ1) is 13.0. The van der Waals surface area contributed by atoms with Crippen molar-refractivity contribution < 1.29 is 0 Å². The fourth-order valence-corrected chi connectivity index (χ4v) is 5.17. The summed E-state index contributed by atoms with van der Waals surface area (Å²) in [6.07, 6.45) is 4.06. The van der Waals surface area contributed by atoms with E-state index in [4.69, 9.17) is 28.8 Å². The van der Waals surface area contributed by atoms with Gasteiger partial charge in [-0.15, -0.1) is 17.9 Å². The maximum atomic E-state index is 6.09. The zero-order chi connectivity index (χ0) is 19.0. The van der Waals surface area contributed by atoms with E-state index in [1.54, 1.807) is 11.3 Å². The Balaban J connectivity index is 1.42. The lowest BCUT2D eigenvalue weighted by Gasteiger charge is -2.30. The number of allylic oxidation sites excluding steroid dienone is 1. The van der Waals surface area contributed by atoms with E-state index in [1.165, 1.54) is 9.71 Å². The van der Waals surface area contributed by atoms with Crippen molar-refractivity contribution in [2.24, 2.45) is 0 Å². The van der Waals surface area contributed by atoms with Gasteiger partial charge in [-0.1, -0.05) is 17.7 Å². The molecule has 5 nitrogen and oxygen atoms in total. The summed E-state index contributed by atoms with van der Waals surface area (Å²) in [6.45, 7) is 9.27. The van der Waals surface area contributed by atoms with E-state index in [0.29, 0.717) is 12.5 Å². The van der Waals surface area contributed by atoms with Gasteiger partial charge in [0.1, 0.15) is 5.82 Å². The minimum atomic E-state index is 0.519. The van der Waals surface area contributed by atoms with Crippen molar-refractivity contribution in [3.05, 3.63) is 51.5 Å². The average Bonchev–Trinajstić information content (AvgIpc) is 3.18. The summed E-state index contributed by atoms with van der Waals surface area (Å²) < 4.78 is 5.92. The summed E-state index contributed by atoms with van der Waals surface area (Å²) in [5.41, 5.74) is 1.01. The number of hydrogen-bond donors (Lipinski definition) is 0. The number of thiazole rings is 1. The van der Waals surface area contributed by atoms with Crippen molar-refractivity contribution in [2.75, 3.05) is 13.1 Å². The third-order valence-corrected chi connectivity index (χ3v) is 6.92. The first-order valence-electron chi connectivity index (χ1n) is 9.08. The number of nitrogens with zero attached hydrogens (tertiary/aromatic N) is 5.